The van der Waals surface area contributed by atoms with E-state index >= 15 is 0 Å². The number of thiophene rings is 1. The van der Waals surface area contributed by atoms with Crippen LogP contribution in [0.15, 0.2) is 72.1 Å². The Hall–Kier alpha value is -2.24. The number of hydrogen-bond donors (Lipinski definition) is 0. The van der Waals surface area contributed by atoms with Crippen molar-refractivity contribution in [2.45, 2.75) is 11.7 Å². The van der Waals surface area contributed by atoms with E-state index < -0.39 is 0 Å². The molecule has 1 unspecified atom stereocenters. The van der Waals surface area contributed by atoms with Gasteiger partial charge in [-0.3, -0.25) is 4.79 Å². The van der Waals surface area contributed by atoms with Crippen molar-refractivity contribution in [2.24, 2.45) is 0 Å². The van der Waals surface area contributed by atoms with Crippen molar-refractivity contribution in [3.63, 3.8) is 0 Å². The predicted octanol–water partition coefficient (Wildman–Crippen LogP) is 5.86. The van der Waals surface area contributed by atoms with Crippen molar-refractivity contribution in [3.05, 3.63) is 82.6 Å². The molecule has 138 valence electrons. The number of amides is 1. The average molecular weight is 396 g/mol. The monoisotopic (exact) mass is 395 g/mol. The van der Waals surface area contributed by atoms with Crippen molar-refractivity contribution < 1.29 is 9.53 Å². The molecule has 0 bridgehead atoms. The summed E-state index contributed by atoms with van der Waals surface area (Å²) in [5.74, 6) is 2.61. The van der Waals surface area contributed by atoms with E-state index in [-0.39, 0.29) is 5.91 Å². The van der Waals surface area contributed by atoms with Crippen LogP contribution in [0.4, 0.5) is 0 Å². The van der Waals surface area contributed by atoms with Crippen LogP contribution in [-0.2, 0) is 0 Å². The van der Waals surface area contributed by atoms with Crippen LogP contribution in [0.5, 0.6) is 11.5 Å². The molecule has 0 aliphatic carbocycles. The molecular weight excluding hydrogens is 374 g/mol. The summed E-state index contributed by atoms with van der Waals surface area (Å²) in [4.78, 5) is 16.3. The molecule has 2 aromatic carbocycles. The molecule has 1 saturated heterocycles. The van der Waals surface area contributed by atoms with Gasteiger partial charge < -0.3 is 9.64 Å². The summed E-state index contributed by atoms with van der Waals surface area (Å²) in [6.07, 6.45) is 1.01. The Morgan fingerprint density at radius 1 is 0.926 bits per heavy atom. The molecule has 1 amide bonds. The molecule has 0 N–H and O–H groups in total. The first-order valence-corrected chi connectivity index (χ1v) is 11.0. The van der Waals surface area contributed by atoms with E-state index in [0.717, 1.165) is 42.3 Å². The van der Waals surface area contributed by atoms with Crippen LogP contribution in [0.25, 0.3) is 0 Å². The molecule has 1 aromatic heterocycles. The van der Waals surface area contributed by atoms with E-state index in [1.54, 1.807) is 0 Å². The van der Waals surface area contributed by atoms with Gasteiger partial charge in [-0.25, -0.2) is 0 Å². The van der Waals surface area contributed by atoms with Gasteiger partial charge in [0, 0.05) is 34.5 Å². The highest BCUT2D eigenvalue weighted by Crippen LogP contribution is 2.37. The second kappa shape index (κ2) is 8.63. The van der Waals surface area contributed by atoms with E-state index in [0.29, 0.717) is 5.25 Å². The van der Waals surface area contributed by atoms with Crippen LogP contribution in [0.1, 0.15) is 26.9 Å². The minimum Gasteiger partial charge on any atom is -0.457 e. The Morgan fingerprint density at radius 3 is 2.44 bits per heavy atom. The van der Waals surface area contributed by atoms with Gasteiger partial charge in [0.1, 0.15) is 11.5 Å². The highest BCUT2D eigenvalue weighted by Gasteiger charge is 2.23. The third-order valence-electron chi connectivity index (χ3n) is 4.57. The molecule has 1 aliphatic heterocycles. The lowest BCUT2D eigenvalue weighted by Crippen LogP contribution is -2.32. The Kier molecular flexibility index (Phi) is 5.80. The Balaban J connectivity index is 1.39. The predicted molar refractivity (Wildman–Crippen MR) is 113 cm³/mol. The number of hydrogen-bond acceptors (Lipinski definition) is 4. The van der Waals surface area contributed by atoms with Crippen LogP contribution in [0.2, 0.25) is 0 Å². The quantitative estimate of drug-likeness (QED) is 0.554. The third-order valence-corrected chi connectivity index (χ3v) is 7.01. The van der Waals surface area contributed by atoms with Gasteiger partial charge in [0.05, 0.1) is 0 Å². The minimum atomic E-state index is 0.105. The van der Waals surface area contributed by atoms with Gasteiger partial charge in [0.15, 0.2) is 0 Å². The summed E-state index contributed by atoms with van der Waals surface area (Å²) in [5.41, 5.74) is 0.718. The zero-order chi connectivity index (χ0) is 18.5. The van der Waals surface area contributed by atoms with Crippen LogP contribution in [-0.4, -0.2) is 29.6 Å². The van der Waals surface area contributed by atoms with Crippen LogP contribution in [0.3, 0.4) is 0 Å². The van der Waals surface area contributed by atoms with Crippen molar-refractivity contribution in [1.82, 2.24) is 4.90 Å². The Bertz CT molecular complexity index is 863. The van der Waals surface area contributed by atoms with Crippen molar-refractivity contribution in [2.75, 3.05) is 18.8 Å². The maximum absolute atomic E-state index is 12.9. The van der Waals surface area contributed by atoms with Gasteiger partial charge in [-0.2, -0.15) is 11.8 Å². The largest absolute Gasteiger partial charge is 0.457 e. The second-order valence-corrected chi connectivity index (χ2v) is 8.69. The highest BCUT2D eigenvalue weighted by molar-refractivity contribution is 7.99. The fourth-order valence-electron chi connectivity index (χ4n) is 3.15. The van der Waals surface area contributed by atoms with Gasteiger partial charge in [-0.05, 0) is 54.3 Å². The molecule has 27 heavy (non-hydrogen) atoms. The van der Waals surface area contributed by atoms with Gasteiger partial charge in [-0.1, -0.05) is 24.3 Å². The summed E-state index contributed by atoms with van der Waals surface area (Å²) in [7, 11) is 0. The molecule has 0 radical (unpaired) electrons. The first-order valence-electron chi connectivity index (χ1n) is 9.07. The summed E-state index contributed by atoms with van der Waals surface area (Å²) in [5, 5.41) is 2.63. The normalized spacial score (nSPS) is 17.3. The molecule has 3 aromatic rings. The summed E-state index contributed by atoms with van der Waals surface area (Å²) < 4.78 is 5.81. The van der Waals surface area contributed by atoms with Crippen molar-refractivity contribution >= 4 is 29.0 Å². The molecular formula is C22H21NO2S2. The third kappa shape index (κ3) is 4.54. The molecule has 1 aliphatic rings. The lowest BCUT2D eigenvalue weighted by molar-refractivity contribution is 0.0766. The van der Waals surface area contributed by atoms with Gasteiger partial charge in [0.25, 0.3) is 5.91 Å². The standard InChI is InChI=1S/C22H21NO2S2/c24-22(23-13-12-21(27-16-14-23)20-7-4-15-26-20)17-8-10-19(11-9-17)25-18-5-2-1-3-6-18/h1-11,15,21H,12-14,16H2. The number of nitrogens with zero attached hydrogens (tertiary/aromatic N) is 1. The van der Waals surface area contributed by atoms with Crippen LogP contribution in [0, 0.1) is 0 Å². The lowest BCUT2D eigenvalue weighted by atomic mass is 10.1. The number of thioether (sulfide) groups is 1. The zero-order valence-corrected chi connectivity index (χ0v) is 16.5. The van der Waals surface area contributed by atoms with E-state index in [1.807, 2.05) is 82.6 Å². The summed E-state index contributed by atoms with van der Waals surface area (Å²) in [6.45, 7) is 1.60. The molecule has 4 rings (SSSR count). The Labute approximate surface area is 168 Å². The first kappa shape index (κ1) is 18.1. The highest BCUT2D eigenvalue weighted by atomic mass is 32.2. The smallest absolute Gasteiger partial charge is 0.253 e. The Morgan fingerprint density at radius 2 is 1.70 bits per heavy atom. The maximum atomic E-state index is 12.9. The van der Waals surface area contributed by atoms with E-state index in [1.165, 1.54) is 4.88 Å². The molecule has 3 nitrogen and oxygen atoms in total. The van der Waals surface area contributed by atoms with Crippen molar-refractivity contribution in [3.8, 4) is 11.5 Å². The molecule has 2 heterocycles. The fraction of sp³-hybridized carbons (Fsp3) is 0.227. The molecule has 5 heteroatoms. The second-order valence-electron chi connectivity index (χ2n) is 6.40. The van der Waals surface area contributed by atoms with Gasteiger partial charge in [-0.15, -0.1) is 11.3 Å². The molecule has 0 spiro atoms. The number of carbonyl (C=O) groups is 1. The molecule has 1 atom stereocenters. The van der Waals surface area contributed by atoms with Gasteiger partial charge >= 0.3 is 0 Å². The van der Waals surface area contributed by atoms with E-state index in [4.69, 9.17) is 4.74 Å². The van der Waals surface area contributed by atoms with Crippen LogP contribution < -0.4 is 4.74 Å². The lowest BCUT2D eigenvalue weighted by Gasteiger charge is -2.20. The average Bonchev–Trinajstić information content (AvgIpc) is 3.14. The first-order chi connectivity index (χ1) is 13.3. The zero-order valence-electron chi connectivity index (χ0n) is 14.9. The molecule has 1 fully saturated rings. The summed E-state index contributed by atoms with van der Waals surface area (Å²) in [6, 6.07) is 21.4. The number of rotatable bonds is 4. The number of carbonyl (C=O) groups excluding carboxylic acids is 1. The fourth-order valence-corrected chi connectivity index (χ4v) is 5.39. The number of para-hydroxylation sites is 1. The maximum Gasteiger partial charge on any atom is 0.253 e. The summed E-state index contributed by atoms with van der Waals surface area (Å²) >= 11 is 3.77. The minimum absolute atomic E-state index is 0.105. The van der Waals surface area contributed by atoms with Crippen LogP contribution >= 0.6 is 23.1 Å². The van der Waals surface area contributed by atoms with E-state index in [9.17, 15) is 4.79 Å². The van der Waals surface area contributed by atoms with Crippen molar-refractivity contribution in [1.29, 1.82) is 0 Å². The number of ether oxygens (including phenoxy) is 1. The van der Waals surface area contributed by atoms with Gasteiger partial charge in [0.2, 0.25) is 0 Å². The molecule has 0 saturated carbocycles. The SMILES string of the molecule is O=C(c1ccc(Oc2ccccc2)cc1)N1CCSC(c2cccs2)CC1. The topological polar surface area (TPSA) is 29.5 Å². The number of benzene rings is 2. The van der Waals surface area contributed by atoms with E-state index in [2.05, 4.69) is 17.5 Å².